The number of hydrogen-bond donors (Lipinski definition) is 1. The molecule has 0 aromatic carbocycles. The van der Waals surface area contributed by atoms with E-state index in [4.69, 9.17) is 17.3 Å². The normalized spacial score (nSPS) is 14.6. The summed E-state index contributed by atoms with van der Waals surface area (Å²) in [6.45, 7) is 1.43. The molecule has 0 aliphatic heterocycles. The van der Waals surface area contributed by atoms with Crippen molar-refractivity contribution in [1.29, 1.82) is 0 Å². The average Bonchev–Trinajstić information content (AvgIpc) is 2.35. The van der Waals surface area contributed by atoms with Crippen LogP contribution in [0.2, 0.25) is 4.34 Å². The second-order valence-electron chi connectivity index (χ2n) is 2.31. The van der Waals surface area contributed by atoms with Crippen LogP contribution in [0, 0.1) is 0 Å². The fraction of sp³-hybridized carbons (Fsp3) is 0.333. The van der Waals surface area contributed by atoms with Crippen LogP contribution in [0.25, 0.3) is 0 Å². The van der Waals surface area contributed by atoms with Crippen LogP contribution in [0.15, 0.2) is 16.3 Å². The maximum atomic E-state index is 11.4. The topological polar surface area (TPSA) is 60.2 Å². The summed E-state index contributed by atoms with van der Waals surface area (Å²) in [7, 11) is -3.34. The lowest BCUT2D eigenvalue weighted by atomic mass is 10.7. The first-order valence-corrected chi connectivity index (χ1v) is 5.93. The maximum absolute atomic E-state index is 11.4. The molecule has 0 fully saturated rings. The van der Waals surface area contributed by atoms with Crippen molar-refractivity contribution in [2.45, 2.75) is 16.5 Å². The van der Waals surface area contributed by atoms with Crippen molar-refractivity contribution in [3.8, 4) is 0 Å². The standard InChI is InChI=1S/C6H8ClNO2S2/c1-4(8)12(9,10)6-3-2-5(7)11-6/h2-4H,8H2,1H3. The molecule has 0 radical (unpaired) electrons. The molecule has 0 aliphatic rings. The summed E-state index contributed by atoms with van der Waals surface area (Å²) in [5.41, 5.74) is 5.29. The highest BCUT2D eigenvalue weighted by atomic mass is 35.5. The van der Waals surface area contributed by atoms with Gasteiger partial charge in [0.15, 0.2) is 0 Å². The molecule has 0 aliphatic carbocycles. The Bertz CT molecular complexity index is 369. The van der Waals surface area contributed by atoms with E-state index in [1.54, 1.807) is 6.07 Å². The monoisotopic (exact) mass is 225 g/mol. The Morgan fingerprint density at radius 2 is 2.17 bits per heavy atom. The Hall–Kier alpha value is -0.100. The van der Waals surface area contributed by atoms with E-state index >= 15 is 0 Å². The van der Waals surface area contributed by atoms with E-state index in [2.05, 4.69) is 0 Å². The third-order valence-corrected chi connectivity index (χ3v) is 4.97. The van der Waals surface area contributed by atoms with Crippen molar-refractivity contribution in [2.75, 3.05) is 0 Å². The quantitative estimate of drug-likeness (QED) is 0.830. The van der Waals surface area contributed by atoms with Crippen molar-refractivity contribution in [3.05, 3.63) is 16.5 Å². The molecular formula is C6H8ClNO2S2. The number of sulfone groups is 1. The minimum absolute atomic E-state index is 0.225. The summed E-state index contributed by atoms with van der Waals surface area (Å²) in [5.74, 6) is 0. The van der Waals surface area contributed by atoms with Crippen LogP contribution in [-0.2, 0) is 9.84 Å². The SMILES string of the molecule is CC(N)S(=O)(=O)c1ccc(Cl)s1. The third kappa shape index (κ3) is 1.80. The zero-order valence-electron chi connectivity index (χ0n) is 6.32. The van der Waals surface area contributed by atoms with Gasteiger partial charge in [-0.3, -0.25) is 0 Å². The number of hydrogen-bond acceptors (Lipinski definition) is 4. The van der Waals surface area contributed by atoms with E-state index in [1.807, 2.05) is 0 Å². The second-order valence-corrected chi connectivity index (χ2v) is 6.56. The van der Waals surface area contributed by atoms with E-state index in [9.17, 15) is 8.42 Å². The Kier molecular flexibility index (Phi) is 2.77. The van der Waals surface area contributed by atoms with Crippen LogP contribution in [0.5, 0.6) is 0 Å². The van der Waals surface area contributed by atoms with Crippen LogP contribution in [0.4, 0.5) is 0 Å². The van der Waals surface area contributed by atoms with Crippen LogP contribution in [0.3, 0.4) is 0 Å². The lowest BCUT2D eigenvalue weighted by molar-refractivity contribution is 0.587. The average molecular weight is 226 g/mol. The smallest absolute Gasteiger partial charge is 0.203 e. The lowest BCUT2D eigenvalue weighted by Crippen LogP contribution is -2.26. The van der Waals surface area contributed by atoms with E-state index in [0.29, 0.717) is 4.34 Å². The molecule has 3 nitrogen and oxygen atoms in total. The van der Waals surface area contributed by atoms with Crippen LogP contribution >= 0.6 is 22.9 Å². The Morgan fingerprint density at radius 3 is 2.50 bits per heavy atom. The predicted molar refractivity (Wildman–Crippen MR) is 50.2 cm³/mol. The third-order valence-electron chi connectivity index (χ3n) is 1.32. The first-order valence-electron chi connectivity index (χ1n) is 3.19. The number of thiophene rings is 1. The van der Waals surface area contributed by atoms with Crippen molar-refractivity contribution in [1.82, 2.24) is 0 Å². The first kappa shape index (κ1) is 9.98. The van der Waals surface area contributed by atoms with Crippen molar-refractivity contribution in [2.24, 2.45) is 5.73 Å². The van der Waals surface area contributed by atoms with E-state index in [1.165, 1.54) is 13.0 Å². The van der Waals surface area contributed by atoms with E-state index in [-0.39, 0.29) is 4.21 Å². The Labute approximate surface area is 80.1 Å². The van der Waals surface area contributed by atoms with Gasteiger partial charge in [0.1, 0.15) is 9.58 Å². The maximum Gasteiger partial charge on any atom is 0.203 e. The Morgan fingerprint density at radius 1 is 1.58 bits per heavy atom. The van der Waals surface area contributed by atoms with Gasteiger partial charge in [-0.1, -0.05) is 11.6 Å². The molecule has 1 heterocycles. The van der Waals surface area contributed by atoms with Crippen LogP contribution < -0.4 is 5.73 Å². The largest absolute Gasteiger partial charge is 0.315 e. The highest BCUT2D eigenvalue weighted by Gasteiger charge is 2.21. The molecule has 0 spiro atoms. The van der Waals surface area contributed by atoms with Gasteiger partial charge < -0.3 is 5.73 Å². The van der Waals surface area contributed by atoms with Gasteiger partial charge in [0.05, 0.1) is 4.34 Å². The fourth-order valence-electron chi connectivity index (χ4n) is 0.634. The zero-order chi connectivity index (χ0) is 9.35. The van der Waals surface area contributed by atoms with Crippen molar-refractivity contribution in [3.63, 3.8) is 0 Å². The van der Waals surface area contributed by atoms with Crippen LogP contribution in [0.1, 0.15) is 6.92 Å². The summed E-state index contributed by atoms with van der Waals surface area (Å²) >= 11 is 6.60. The number of nitrogens with two attached hydrogens (primary N) is 1. The van der Waals surface area contributed by atoms with Gasteiger partial charge in [-0.25, -0.2) is 8.42 Å². The predicted octanol–water partition coefficient (Wildman–Crippen LogP) is 1.48. The molecule has 1 aromatic heterocycles. The van der Waals surface area contributed by atoms with Gasteiger partial charge in [0, 0.05) is 0 Å². The summed E-state index contributed by atoms with van der Waals surface area (Å²) < 4.78 is 23.4. The van der Waals surface area contributed by atoms with Crippen molar-refractivity contribution >= 4 is 32.8 Å². The lowest BCUT2D eigenvalue weighted by Gasteiger charge is -2.03. The Balaban J connectivity index is 3.15. The first-order chi connectivity index (χ1) is 5.44. The van der Waals surface area contributed by atoms with E-state index in [0.717, 1.165) is 11.3 Å². The highest BCUT2D eigenvalue weighted by molar-refractivity contribution is 7.94. The summed E-state index contributed by atoms with van der Waals surface area (Å²) in [4.78, 5) is 0. The van der Waals surface area contributed by atoms with Gasteiger partial charge in [-0.05, 0) is 19.1 Å². The molecule has 1 aromatic rings. The molecular weight excluding hydrogens is 218 g/mol. The molecule has 68 valence electrons. The molecule has 12 heavy (non-hydrogen) atoms. The molecule has 0 saturated carbocycles. The summed E-state index contributed by atoms with van der Waals surface area (Å²) in [6.07, 6.45) is 0. The minimum atomic E-state index is -3.34. The van der Waals surface area contributed by atoms with Gasteiger partial charge >= 0.3 is 0 Å². The highest BCUT2D eigenvalue weighted by Crippen LogP contribution is 2.27. The molecule has 1 atom stereocenters. The molecule has 6 heteroatoms. The van der Waals surface area contributed by atoms with Crippen molar-refractivity contribution < 1.29 is 8.42 Å². The summed E-state index contributed by atoms with van der Waals surface area (Å²) in [5, 5.41) is -0.882. The van der Waals surface area contributed by atoms with E-state index < -0.39 is 15.2 Å². The molecule has 0 saturated heterocycles. The van der Waals surface area contributed by atoms with Crippen LogP contribution in [-0.4, -0.2) is 13.8 Å². The molecule has 0 bridgehead atoms. The van der Waals surface area contributed by atoms with Gasteiger partial charge in [0.2, 0.25) is 9.84 Å². The summed E-state index contributed by atoms with van der Waals surface area (Å²) in [6, 6.07) is 3.01. The van der Waals surface area contributed by atoms with Gasteiger partial charge in [0.25, 0.3) is 0 Å². The number of rotatable bonds is 2. The van der Waals surface area contributed by atoms with Gasteiger partial charge in [-0.2, -0.15) is 0 Å². The fourth-order valence-corrected chi connectivity index (χ4v) is 3.36. The molecule has 2 N–H and O–H groups in total. The van der Waals surface area contributed by atoms with Gasteiger partial charge in [-0.15, -0.1) is 11.3 Å². The molecule has 1 unspecified atom stereocenters. The zero-order valence-corrected chi connectivity index (χ0v) is 8.71. The molecule has 1 rings (SSSR count). The molecule has 0 amide bonds. The number of halogens is 1. The second kappa shape index (κ2) is 3.33. The minimum Gasteiger partial charge on any atom is -0.315 e.